The van der Waals surface area contributed by atoms with E-state index in [4.69, 9.17) is 5.11 Å². The second-order valence-corrected chi connectivity index (χ2v) is 4.16. The molecular formula is C11H17NO3. The van der Waals surface area contributed by atoms with Crippen molar-refractivity contribution in [2.45, 2.75) is 0 Å². The van der Waals surface area contributed by atoms with Crippen LogP contribution in [-0.4, -0.2) is 43.2 Å². The molecule has 15 heavy (non-hydrogen) atoms. The number of carbonyl (C=O) groups excluding carboxylic acids is 1. The van der Waals surface area contributed by atoms with Gasteiger partial charge < -0.3 is 19.5 Å². The highest BCUT2D eigenvalue weighted by molar-refractivity contribution is 5.65. The van der Waals surface area contributed by atoms with Gasteiger partial charge in [-0.25, -0.2) is 0 Å². The molecular weight excluding hydrogens is 194 g/mol. The first-order valence-corrected chi connectivity index (χ1v) is 4.55. The van der Waals surface area contributed by atoms with Crippen molar-refractivity contribution in [1.29, 1.82) is 0 Å². The Bertz CT molecular complexity index is 290. The van der Waals surface area contributed by atoms with Gasteiger partial charge in [-0.1, -0.05) is 18.2 Å². The zero-order valence-corrected chi connectivity index (χ0v) is 9.30. The van der Waals surface area contributed by atoms with Gasteiger partial charge in [0.15, 0.2) is 0 Å². The molecule has 0 bridgehead atoms. The van der Waals surface area contributed by atoms with E-state index in [0.717, 1.165) is 0 Å². The average molecular weight is 211 g/mol. The van der Waals surface area contributed by atoms with Gasteiger partial charge in [0.1, 0.15) is 12.3 Å². The van der Waals surface area contributed by atoms with Crippen molar-refractivity contribution in [1.82, 2.24) is 0 Å². The van der Waals surface area contributed by atoms with Gasteiger partial charge in [0.2, 0.25) is 0 Å². The van der Waals surface area contributed by atoms with Crippen molar-refractivity contribution < 1.29 is 19.5 Å². The van der Waals surface area contributed by atoms with Crippen LogP contribution in [0.15, 0.2) is 30.3 Å². The first kappa shape index (κ1) is 13.4. The van der Waals surface area contributed by atoms with Crippen LogP contribution in [0.3, 0.4) is 0 Å². The van der Waals surface area contributed by atoms with Crippen LogP contribution >= 0.6 is 0 Å². The normalized spacial score (nSPS) is 10.1. The molecule has 0 saturated heterocycles. The summed E-state index contributed by atoms with van der Waals surface area (Å²) in [5.41, 5.74) is 0. The third-order valence-corrected chi connectivity index (χ3v) is 1.36. The quantitative estimate of drug-likeness (QED) is 0.691. The van der Waals surface area contributed by atoms with E-state index in [0.29, 0.717) is 10.2 Å². The minimum Gasteiger partial charge on any atom is -0.544 e. The zero-order valence-electron chi connectivity index (χ0n) is 9.30. The Morgan fingerprint density at radius 3 is 1.87 bits per heavy atom. The highest BCUT2D eigenvalue weighted by Gasteiger charge is 2.04. The Hall–Kier alpha value is -1.55. The Kier molecular flexibility index (Phi) is 5.41. The van der Waals surface area contributed by atoms with E-state index >= 15 is 0 Å². The summed E-state index contributed by atoms with van der Waals surface area (Å²) in [5.74, 6) is -0.681. The summed E-state index contributed by atoms with van der Waals surface area (Å²) in [7, 11) is 5.40. The summed E-state index contributed by atoms with van der Waals surface area (Å²) in [6.07, 6.45) is 0. The molecule has 1 rings (SSSR count). The summed E-state index contributed by atoms with van der Waals surface area (Å²) in [6.45, 7) is 0.0694. The van der Waals surface area contributed by atoms with Crippen LogP contribution in [0, 0.1) is 0 Å². The fourth-order valence-corrected chi connectivity index (χ4v) is 0.815. The second kappa shape index (κ2) is 6.03. The largest absolute Gasteiger partial charge is 0.544 e. The molecule has 0 spiro atoms. The maximum absolute atomic E-state index is 9.89. The lowest BCUT2D eigenvalue weighted by molar-refractivity contribution is -0.864. The van der Waals surface area contributed by atoms with Crippen molar-refractivity contribution >= 4 is 5.97 Å². The molecule has 1 aromatic carbocycles. The molecule has 0 radical (unpaired) electrons. The number of carboxylic acid groups (broad SMARTS) is 1. The summed E-state index contributed by atoms with van der Waals surface area (Å²) in [6, 6.07) is 8.71. The number of carbonyl (C=O) groups is 1. The van der Waals surface area contributed by atoms with Crippen molar-refractivity contribution in [3.8, 4) is 5.75 Å². The van der Waals surface area contributed by atoms with Crippen LogP contribution in [0.2, 0.25) is 0 Å². The van der Waals surface area contributed by atoms with Crippen molar-refractivity contribution in [2.24, 2.45) is 0 Å². The molecule has 0 fully saturated rings. The molecule has 4 heteroatoms. The van der Waals surface area contributed by atoms with Crippen molar-refractivity contribution in [3.05, 3.63) is 30.3 Å². The molecule has 0 aliphatic heterocycles. The SMILES string of the molecule is C[N+](C)(C)CC(=O)[O-].Oc1ccccc1. The van der Waals surface area contributed by atoms with Crippen LogP contribution in [0.5, 0.6) is 5.75 Å². The number of hydrogen-bond donors (Lipinski definition) is 1. The lowest BCUT2D eigenvalue weighted by Crippen LogP contribution is -2.45. The van der Waals surface area contributed by atoms with Gasteiger partial charge in [-0.2, -0.15) is 0 Å². The van der Waals surface area contributed by atoms with Crippen LogP contribution in [-0.2, 0) is 4.79 Å². The summed E-state index contributed by atoms with van der Waals surface area (Å²) in [4.78, 5) is 9.89. The molecule has 0 unspecified atom stereocenters. The first-order valence-electron chi connectivity index (χ1n) is 4.55. The summed E-state index contributed by atoms with van der Waals surface area (Å²) < 4.78 is 0.419. The number of aromatic hydroxyl groups is 1. The number of nitrogens with zero attached hydrogens (tertiary/aromatic N) is 1. The topological polar surface area (TPSA) is 60.4 Å². The van der Waals surface area contributed by atoms with E-state index < -0.39 is 5.97 Å². The van der Waals surface area contributed by atoms with E-state index in [1.165, 1.54) is 0 Å². The van der Waals surface area contributed by atoms with Gasteiger partial charge in [-0.05, 0) is 12.1 Å². The standard InChI is InChI=1S/C6H6O.C5H11NO2/c7-6-4-2-1-3-5-6;1-6(2,3)4-5(7)8/h1-5,7H;4H2,1-3H3. The maximum Gasteiger partial charge on any atom is 0.118 e. The number of phenolic OH excluding ortho intramolecular Hbond substituents is 1. The molecule has 0 atom stereocenters. The number of benzene rings is 1. The predicted octanol–water partition coefficient (Wildman–Crippen LogP) is -0.165. The van der Waals surface area contributed by atoms with Crippen LogP contribution in [0.4, 0.5) is 0 Å². The molecule has 0 saturated carbocycles. The van der Waals surface area contributed by atoms with E-state index in [9.17, 15) is 9.90 Å². The smallest absolute Gasteiger partial charge is 0.118 e. The number of phenols is 1. The number of aliphatic carboxylic acids is 1. The molecule has 0 aliphatic rings. The first-order chi connectivity index (χ1) is 6.81. The average Bonchev–Trinajstić information content (AvgIpc) is 2.01. The molecule has 84 valence electrons. The van der Waals surface area contributed by atoms with Crippen LogP contribution in [0.25, 0.3) is 0 Å². The fourth-order valence-electron chi connectivity index (χ4n) is 0.815. The van der Waals surface area contributed by atoms with Gasteiger partial charge in [0, 0.05) is 0 Å². The molecule has 0 aliphatic carbocycles. The minimum atomic E-state index is -1.00. The van der Waals surface area contributed by atoms with Gasteiger partial charge in [0.05, 0.1) is 27.1 Å². The number of quaternary nitrogens is 1. The maximum atomic E-state index is 9.89. The molecule has 1 aromatic rings. The minimum absolute atomic E-state index is 0.0694. The van der Waals surface area contributed by atoms with Gasteiger partial charge in [-0.3, -0.25) is 0 Å². The van der Waals surface area contributed by atoms with Gasteiger partial charge >= 0.3 is 0 Å². The highest BCUT2D eigenvalue weighted by Crippen LogP contribution is 2.02. The monoisotopic (exact) mass is 211 g/mol. The Labute approximate surface area is 90.0 Å². The number of rotatable bonds is 2. The van der Waals surface area contributed by atoms with Crippen molar-refractivity contribution in [3.63, 3.8) is 0 Å². The van der Waals surface area contributed by atoms with Crippen molar-refractivity contribution in [2.75, 3.05) is 27.7 Å². The number of hydrogen-bond acceptors (Lipinski definition) is 3. The lowest BCUT2D eigenvalue weighted by atomic mass is 10.3. The molecule has 1 N–H and O–H groups in total. The number of para-hydroxylation sites is 1. The van der Waals surface area contributed by atoms with Crippen LogP contribution in [0.1, 0.15) is 0 Å². The van der Waals surface area contributed by atoms with Gasteiger partial charge in [0.25, 0.3) is 0 Å². The Morgan fingerprint density at radius 2 is 1.73 bits per heavy atom. The molecule has 0 amide bonds. The Balaban J connectivity index is 0.000000262. The zero-order chi connectivity index (χ0) is 11.9. The molecule has 0 heterocycles. The molecule has 4 nitrogen and oxygen atoms in total. The summed E-state index contributed by atoms with van der Waals surface area (Å²) >= 11 is 0. The van der Waals surface area contributed by atoms with E-state index in [1.807, 2.05) is 6.07 Å². The molecule has 0 aromatic heterocycles. The Morgan fingerprint density at radius 1 is 1.27 bits per heavy atom. The number of carboxylic acids is 1. The third kappa shape index (κ3) is 10.4. The van der Waals surface area contributed by atoms with E-state index in [2.05, 4.69) is 0 Å². The fraction of sp³-hybridized carbons (Fsp3) is 0.364. The van der Waals surface area contributed by atoms with E-state index in [-0.39, 0.29) is 6.54 Å². The third-order valence-electron chi connectivity index (χ3n) is 1.36. The number of likely N-dealkylation sites (N-methyl/N-ethyl adjacent to an activating group) is 1. The lowest BCUT2D eigenvalue weighted by Gasteiger charge is -2.23. The highest BCUT2D eigenvalue weighted by atomic mass is 16.4. The van der Waals surface area contributed by atoms with Crippen LogP contribution < -0.4 is 5.11 Å². The second-order valence-electron chi connectivity index (χ2n) is 4.16. The summed E-state index contributed by atoms with van der Waals surface area (Å²) in [5, 5.41) is 18.5. The van der Waals surface area contributed by atoms with Gasteiger partial charge in [-0.15, -0.1) is 0 Å². The van der Waals surface area contributed by atoms with E-state index in [1.54, 1.807) is 45.4 Å². The predicted molar refractivity (Wildman–Crippen MR) is 56.0 cm³/mol.